The van der Waals surface area contributed by atoms with Crippen LogP contribution in [0, 0.1) is 18.3 Å². The summed E-state index contributed by atoms with van der Waals surface area (Å²) in [5, 5.41) is 2.87. The SMILES string of the molecule is C#CCC(=C)c1ccc(C(=O)NCC(C)C)cc1OC. The molecular formula is C17H21NO2. The van der Waals surface area contributed by atoms with Gasteiger partial charge in [-0.15, -0.1) is 12.3 Å². The Hall–Kier alpha value is -2.21. The summed E-state index contributed by atoms with van der Waals surface area (Å²) in [5.41, 5.74) is 2.21. The van der Waals surface area contributed by atoms with Gasteiger partial charge in [0, 0.05) is 24.1 Å². The highest BCUT2D eigenvalue weighted by molar-refractivity contribution is 5.95. The lowest BCUT2D eigenvalue weighted by Crippen LogP contribution is -2.27. The molecule has 0 unspecified atom stereocenters. The molecule has 20 heavy (non-hydrogen) atoms. The lowest BCUT2D eigenvalue weighted by atomic mass is 10.0. The summed E-state index contributed by atoms with van der Waals surface area (Å²) >= 11 is 0. The fourth-order valence-electron chi connectivity index (χ4n) is 1.74. The molecule has 0 radical (unpaired) electrons. The molecule has 0 fully saturated rings. The van der Waals surface area contributed by atoms with Gasteiger partial charge in [0.25, 0.3) is 5.91 Å². The Kier molecular flexibility index (Phi) is 5.86. The van der Waals surface area contributed by atoms with Crippen molar-refractivity contribution in [1.29, 1.82) is 0 Å². The second-order valence-corrected chi connectivity index (χ2v) is 5.00. The smallest absolute Gasteiger partial charge is 0.251 e. The standard InChI is InChI=1S/C17H21NO2/c1-6-7-13(4)15-9-8-14(10-16(15)20-5)17(19)18-11-12(2)3/h1,8-10,12H,4,7,11H2,2-3,5H3,(H,18,19). The number of methoxy groups -OCH3 is 1. The van der Waals surface area contributed by atoms with Crippen LogP contribution < -0.4 is 10.1 Å². The van der Waals surface area contributed by atoms with E-state index in [-0.39, 0.29) is 5.91 Å². The van der Waals surface area contributed by atoms with E-state index < -0.39 is 0 Å². The minimum atomic E-state index is -0.105. The van der Waals surface area contributed by atoms with Gasteiger partial charge in [0.2, 0.25) is 0 Å². The van der Waals surface area contributed by atoms with E-state index in [4.69, 9.17) is 11.2 Å². The number of nitrogens with one attached hydrogen (secondary N) is 1. The van der Waals surface area contributed by atoms with Gasteiger partial charge in [-0.1, -0.05) is 26.5 Å². The first-order chi connectivity index (χ1) is 9.49. The normalized spacial score (nSPS) is 9.95. The number of hydrogen-bond donors (Lipinski definition) is 1. The Morgan fingerprint density at radius 2 is 2.20 bits per heavy atom. The van der Waals surface area contributed by atoms with E-state index in [1.54, 1.807) is 19.2 Å². The average molecular weight is 271 g/mol. The van der Waals surface area contributed by atoms with Crippen molar-refractivity contribution in [3.05, 3.63) is 35.9 Å². The first-order valence-electron chi connectivity index (χ1n) is 6.57. The van der Waals surface area contributed by atoms with E-state index in [1.807, 2.05) is 19.9 Å². The molecule has 106 valence electrons. The molecule has 3 heteroatoms. The number of carbonyl (C=O) groups is 1. The van der Waals surface area contributed by atoms with Crippen molar-refractivity contribution in [2.45, 2.75) is 20.3 Å². The Balaban J connectivity index is 2.95. The highest BCUT2D eigenvalue weighted by atomic mass is 16.5. The van der Waals surface area contributed by atoms with Crippen molar-refractivity contribution in [3.63, 3.8) is 0 Å². The van der Waals surface area contributed by atoms with Crippen molar-refractivity contribution in [2.75, 3.05) is 13.7 Å². The molecule has 0 aliphatic heterocycles. The van der Waals surface area contributed by atoms with Crippen LogP contribution in [0.1, 0.15) is 36.2 Å². The second kappa shape index (κ2) is 7.40. The first-order valence-corrected chi connectivity index (χ1v) is 6.57. The third kappa shape index (κ3) is 4.17. The number of allylic oxidation sites excluding steroid dienone is 1. The van der Waals surface area contributed by atoms with Gasteiger partial charge in [0.05, 0.1) is 7.11 Å². The highest BCUT2D eigenvalue weighted by Gasteiger charge is 2.12. The molecule has 1 rings (SSSR count). The summed E-state index contributed by atoms with van der Waals surface area (Å²) in [6.45, 7) is 8.68. The number of carbonyl (C=O) groups excluding carboxylic acids is 1. The van der Waals surface area contributed by atoms with Gasteiger partial charge >= 0.3 is 0 Å². The topological polar surface area (TPSA) is 38.3 Å². The summed E-state index contributed by atoms with van der Waals surface area (Å²) in [4.78, 5) is 12.0. The van der Waals surface area contributed by atoms with E-state index in [2.05, 4.69) is 17.8 Å². The van der Waals surface area contributed by atoms with E-state index in [1.165, 1.54) is 0 Å². The highest BCUT2D eigenvalue weighted by Crippen LogP contribution is 2.27. The van der Waals surface area contributed by atoms with Gasteiger partial charge in [-0.3, -0.25) is 4.79 Å². The Labute approximate surface area is 121 Å². The molecule has 0 heterocycles. The van der Waals surface area contributed by atoms with Gasteiger partial charge in [-0.2, -0.15) is 0 Å². The Morgan fingerprint density at radius 1 is 1.50 bits per heavy atom. The van der Waals surface area contributed by atoms with Crippen LogP contribution in [0.2, 0.25) is 0 Å². The molecule has 0 atom stereocenters. The fourth-order valence-corrected chi connectivity index (χ4v) is 1.74. The number of terminal acetylenes is 1. The zero-order valence-corrected chi connectivity index (χ0v) is 12.3. The number of rotatable bonds is 6. The quantitative estimate of drug-likeness (QED) is 0.807. The van der Waals surface area contributed by atoms with Crippen LogP contribution in [0.4, 0.5) is 0 Å². The minimum absolute atomic E-state index is 0.105. The molecule has 0 spiro atoms. The van der Waals surface area contributed by atoms with Crippen LogP contribution in [0.15, 0.2) is 24.8 Å². The van der Waals surface area contributed by atoms with E-state index in [0.717, 1.165) is 11.1 Å². The maximum atomic E-state index is 12.0. The summed E-state index contributed by atoms with van der Waals surface area (Å²) in [6.07, 6.45) is 5.74. The van der Waals surface area contributed by atoms with Gasteiger partial charge < -0.3 is 10.1 Å². The Morgan fingerprint density at radius 3 is 2.75 bits per heavy atom. The largest absolute Gasteiger partial charge is 0.496 e. The molecule has 1 aromatic carbocycles. The molecule has 0 aliphatic carbocycles. The van der Waals surface area contributed by atoms with Gasteiger partial charge in [0.1, 0.15) is 5.75 Å². The van der Waals surface area contributed by atoms with Crippen molar-refractivity contribution in [1.82, 2.24) is 5.32 Å². The first kappa shape index (κ1) is 15.8. The van der Waals surface area contributed by atoms with Crippen molar-refractivity contribution < 1.29 is 9.53 Å². The average Bonchev–Trinajstić information content (AvgIpc) is 2.44. The lowest BCUT2D eigenvalue weighted by Gasteiger charge is -2.12. The van der Waals surface area contributed by atoms with Crippen molar-refractivity contribution in [3.8, 4) is 18.1 Å². The maximum absolute atomic E-state index is 12.0. The predicted octanol–water partition coefficient (Wildman–Crippen LogP) is 3.12. The molecule has 0 saturated carbocycles. The third-order valence-electron chi connectivity index (χ3n) is 2.83. The van der Waals surface area contributed by atoms with Gasteiger partial charge in [0.15, 0.2) is 0 Å². The van der Waals surface area contributed by atoms with Crippen LogP contribution in [-0.4, -0.2) is 19.6 Å². The maximum Gasteiger partial charge on any atom is 0.251 e. The fraction of sp³-hybridized carbons (Fsp3) is 0.353. The van der Waals surface area contributed by atoms with E-state index in [0.29, 0.717) is 30.2 Å². The summed E-state index contributed by atoms with van der Waals surface area (Å²) < 4.78 is 5.32. The zero-order valence-electron chi connectivity index (χ0n) is 12.3. The molecule has 0 aromatic heterocycles. The van der Waals surface area contributed by atoms with Crippen LogP contribution in [-0.2, 0) is 0 Å². The van der Waals surface area contributed by atoms with Crippen LogP contribution >= 0.6 is 0 Å². The number of benzene rings is 1. The van der Waals surface area contributed by atoms with Crippen molar-refractivity contribution >= 4 is 11.5 Å². The van der Waals surface area contributed by atoms with Gasteiger partial charge in [-0.05, 0) is 23.6 Å². The number of hydrogen-bond acceptors (Lipinski definition) is 2. The molecular weight excluding hydrogens is 250 g/mol. The molecule has 0 bridgehead atoms. The molecule has 1 aromatic rings. The molecule has 0 aliphatic rings. The van der Waals surface area contributed by atoms with E-state index >= 15 is 0 Å². The number of amides is 1. The Bertz CT molecular complexity index is 538. The van der Waals surface area contributed by atoms with Crippen LogP contribution in [0.3, 0.4) is 0 Å². The molecule has 3 nitrogen and oxygen atoms in total. The zero-order chi connectivity index (χ0) is 15.1. The van der Waals surface area contributed by atoms with Crippen molar-refractivity contribution in [2.24, 2.45) is 5.92 Å². The summed E-state index contributed by atoms with van der Waals surface area (Å²) in [7, 11) is 1.57. The second-order valence-electron chi connectivity index (χ2n) is 5.00. The predicted molar refractivity (Wildman–Crippen MR) is 82.6 cm³/mol. The summed E-state index contributed by atoms with van der Waals surface area (Å²) in [6, 6.07) is 5.30. The van der Waals surface area contributed by atoms with Crippen LogP contribution in [0.5, 0.6) is 5.75 Å². The number of ether oxygens (including phenoxy) is 1. The molecule has 1 N–H and O–H groups in total. The van der Waals surface area contributed by atoms with Gasteiger partial charge in [-0.25, -0.2) is 0 Å². The third-order valence-corrected chi connectivity index (χ3v) is 2.83. The molecule has 1 amide bonds. The van der Waals surface area contributed by atoms with E-state index in [9.17, 15) is 4.79 Å². The van der Waals surface area contributed by atoms with Crippen LogP contribution in [0.25, 0.3) is 5.57 Å². The summed E-state index contributed by atoms with van der Waals surface area (Å²) in [5.74, 6) is 3.47. The monoisotopic (exact) mass is 271 g/mol. The minimum Gasteiger partial charge on any atom is -0.496 e. The lowest BCUT2D eigenvalue weighted by molar-refractivity contribution is 0.0948. The molecule has 0 saturated heterocycles.